The number of nitrogens with one attached hydrogen (secondary N) is 2. The molecule has 1 aromatic rings. The molecule has 0 atom stereocenters. The van der Waals surface area contributed by atoms with E-state index in [0.29, 0.717) is 6.54 Å². The van der Waals surface area contributed by atoms with Crippen molar-refractivity contribution in [2.75, 3.05) is 18.4 Å². The molecule has 0 aliphatic heterocycles. The summed E-state index contributed by atoms with van der Waals surface area (Å²) in [7, 11) is 0. The van der Waals surface area contributed by atoms with Crippen molar-refractivity contribution in [3.05, 3.63) is 22.9 Å². The van der Waals surface area contributed by atoms with Crippen LogP contribution in [-0.4, -0.2) is 24.0 Å². The van der Waals surface area contributed by atoms with Crippen LogP contribution in [0.1, 0.15) is 12.8 Å². The first-order valence-electron chi connectivity index (χ1n) is 5.35. The van der Waals surface area contributed by atoms with E-state index in [0.717, 1.165) is 22.6 Å². The lowest BCUT2D eigenvalue weighted by Crippen LogP contribution is -2.31. The van der Waals surface area contributed by atoms with Crippen LogP contribution in [0.5, 0.6) is 0 Å². The van der Waals surface area contributed by atoms with Gasteiger partial charge in [-0.1, -0.05) is 0 Å². The standard InChI is InChI=1S/C11H14BrN3O/c12-9-3-10(6-13-5-9)14-7-11(16)15-4-8-1-2-8/h3,5-6,8,14H,1-2,4,7H2,(H,15,16). The molecule has 1 fully saturated rings. The van der Waals surface area contributed by atoms with E-state index >= 15 is 0 Å². The van der Waals surface area contributed by atoms with Crippen LogP contribution in [0.15, 0.2) is 22.9 Å². The summed E-state index contributed by atoms with van der Waals surface area (Å²) in [6.07, 6.45) is 5.91. The molecule has 0 unspecified atom stereocenters. The van der Waals surface area contributed by atoms with E-state index in [-0.39, 0.29) is 5.91 Å². The molecule has 0 saturated heterocycles. The van der Waals surface area contributed by atoms with Gasteiger partial charge in [0.05, 0.1) is 18.4 Å². The molecule has 0 bridgehead atoms. The molecule has 1 heterocycles. The predicted molar refractivity (Wildman–Crippen MR) is 66.2 cm³/mol. The third kappa shape index (κ3) is 3.81. The summed E-state index contributed by atoms with van der Waals surface area (Å²) in [4.78, 5) is 15.4. The van der Waals surface area contributed by atoms with Gasteiger partial charge >= 0.3 is 0 Å². The van der Waals surface area contributed by atoms with Crippen LogP contribution in [0.4, 0.5) is 5.69 Å². The van der Waals surface area contributed by atoms with Crippen LogP contribution in [0.25, 0.3) is 0 Å². The molecule has 4 nitrogen and oxygen atoms in total. The Morgan fingerprint density at radius 3 is 3.00 bits per heavy atom. The van der Waals surface area contributed by atoms with Crippen molar-refractivity contribution in [2.24, 2.45) is 5.92 Å². The maximum Gasteiger partial charge on any atom is 0.239 e. The fourth-order valence-electron chi connectivity index (χ4n) is 1.33. The number of carbonyl (C=O) groups excluding carboxylic acids is 1. The number of aromatic nitrogens is 1. The second kappa shape index (κ2) is 5.30. The maximum atomic E-state index is 11.4. The second-order valence-electron chi connectivity index (χ2n) is 3.99. The summed E-state index contributed by atoms with van der Waals surface area (Å²) < 4.78 is 0.899. The van der Waals surface area contributed by atoms with Gasteiger partial charge in [0.1, 0.15) is 0 Å². The lowest BCUT2D eigenvalue weighted by Gasteiger charge is -2.06. The van der Waals surface area contributed by atoms with Crippen molar-refractivity contribution in [2.45, 2.75) is 12.8 Å². The fraction of sp³-hybridized carbons (Fsp3) is 0.455. The maximum absolute atomic E-state index is 11.4. The number of pyridine rings is 1. The Kier molecular flexibility index (Phi) is 3.77. The summed E-state index contributed by atoms with van der Waals surface area (Å²) in [5, 5.41) is 5.92. The molecule has 1 aromatic heterocycles. The summed E-state index contributed by atoms with van der Waals surface area (Å²) in [5.41, 5.74) is 0.843. The Morgan fingerprint density at radius 2 is 2.31 bits per heavy atom. The van der Waals surface area contributed by atoms with Gasteiger partial charge in [-0.15, -0.1) is 0 Å². The Balaban J connectivity index is 1.71. The van der Waals surface area contributed by atoms with Crippen LogP contribution in [0.3, 0.4) is 0 Å². The largest absolute Gasteiger partial charge is 0.375 e. The molecule has 1 amide bonds. The second-order valence-corrected chi connectivity index (χ2v) is 4.91. The number of halogens is 1. The van der Waals surface area contributed by atoms with E-state index in [4.69, 9.17) is 0 Å². The van der Waals surface area contributed by atoms with Gasteiger partial charge in [-0.05, 0) is 40.8 Å². The van der Waals surface area contributed by atoms with Crippen LogP contribution in [-0.2, 0) is 4.79 Å². The van der Waals surface area contributed by atoms with Crippen molar-refractivity contribution in [1.82, 2.24) is 10.3 Å². The highest BCUT2D eigenvalue weighted by atomic mass is 79.9. The smallest absolute Gasteiger partial charge is 0.239 e. The third-order valence-electron chi connectivity index (χ3n) is 2.44. The zero-order chi connectivity index (χ0) is 11.4. The lowest BCUT2D eigenvalue weighted by molar-refractivity contribution is -0.119. The van der Waals surface area contributed by atoms with Crippen molar-refractivity contribution < 1.29 is 4.79 Å². The quantitative estimate of drug-likeness (QED) is 0.866. The summed E-state index contributed by atoms with van der Waals surface area (Å²) in [6.45, 7) is 1.11. The van der Waals surface area contributed by atoms with Crippen molar-refractivity contribution in [3.63, 3.8) is 0 Å². The zero-order valence-electron chi connectivity index (χ0n) is 8.87. The van der Waals surface area contributed by atoms with E-state index in [1.807, 2.05) is 6.07 Å². The highest BCUT2D eigenvalue weighted by Gasteiger charge is 2.21. The first-order valence-corrected chi connectivity index (χ1v) is 6.14. The molecule has 1 aliphatic carbocycles. The third-order valence-corrected chi connectivity index (χ3v) is 2.88. The minimum atomic E-state index is 0.0341. The number of hydrogen-bond donors (Lipinski definition) is 2. The number of anilines is 1. The van der Waals surface area contributed by atoms with Crippen LogP contribution in [0.2, 0.25) is 0 Å². The van der Waals surface area contributed by atoms with Gasteiger partial charge in [-0.2, -0.15) is 0 Å². The first-order chi connectivity index (χ1) is 7.74. The molecule has 1 saturated carbocycles. The van der Waals surface area contributed by atoms with E-state index in [2.05, 4.69) is 31.5 Å². The lowest BCUT2D eigenvalue weighted by atomic mass is 10.4. The number of carbonyl (C=O) groups is 1. The Labute approximate surface area is 103 Å². The van der Waals surface area contributed by atoms with E-state index in [1.54, 1.807) is 12.4 Å². The fourth-order valence-corrected chi connectivity index (χ4v) is 1.70. The van der Waals surface area contributed by atoms with Crippen molar-refractivity contribution in [3.8, 4) is 0 Å². The molecule has 2 N–H and O–H groups in total. The number of nitrogens with zero attached hydrogens (tertiary/aromatic N) is 1. The van der Waals surface area contributed by atoms with Crippen LogP contribution >= 0.6 is 15.9 Å². The number of amides is 1. The minimum absolute atomic E-state index is 0.0341. The normalized spacial score (nSPS) is 14.6. The predicted octanol–water partition coefficient (Wildman–Crippen LogP) is 1.78. The zero-order valence-corrected chi connectivity index (χ0v) is 10.5. The molecular weight excluding hydrogens is 270 g/mol. The Hall–Kier alpha value is -1.10. The minimum Gasteiger partial charge on any atom is -0.375 e. The van der Waals surface area contributed by atoms with Gasteiger partial charge in [0.2, 0.25) is 5.91 Å². The highest BCUT2D eigenvalue weighted by molar-refractivity contribution is 9.10. The van der Waals surface area contributed by atoms with Gasteiger partial charge in [0, 0.05) is 17.2 Å². The SMILES string of the molecule is O=C(CNc1cncc(Br)c1)NCC1CC1. The van der Waals surface area contributed by atoms with E-state index in [9.17, 15) is 4.79 Å². The van der Waals surface area contributed by atoms with Gasteiger partial charge in [-0.3, -0.25) is 9.78 Å². The molecule has 16 heavy (non-hydrogen) atoms. The van der Waals surface area contributed by atoms with E-state index < -0.39 is 0 Å². The van der Waals surface area contributed by atoms with Crippen LogP contribution in [0, 0.1) is 5.92 Å². The van der Waals surface area contributed by atoms with Crippen molar-refractivity contribution in [1.29, 1.82) is 0 Å². The van der Waals surface area contributed by atoms with Gasteiger partial charge < -0.3 is 10.6 Å². The molecule has 0 radical (unpaired) electrons. The van der Waals surface area contributed by atoms with E-state index in [1.165, 1.54) is 12.8 Å². The molecular formula is C11H14BrN3O. The van der Waals surface area contributed by atoms with Gasteiger partial charge in [0.15, 0.2) is 0 Å². The number of hydrogen-bond acceptors (Lipinski definition) is 3. The Bertz CT molecular complexity index is 379. The summed E-state index contributed by atoms with van der Waals surface area (Å²) in [5.74, 6) is 0.753. The monoisotopic (exact) mass is 283 g/mol. The Morgan fingerprint density at radius 1 is 1.50 bits per heavy atom. The van der Waals surface area contributed by atoms with Gasteiger partial charge in [-0.25, -0.2) is 0 Å². The highest BCUT2D eigenvalue weighted by Crippen LogP contribution is 2.27. The molecule has 5 heteroatoms. The topological polar surface area (TPSA) is 54.0 Å². The average molecular weight is 284 g/mol. The molecule has 86 valence electrons. The number of rotatable bonds is 5. The molecule has 1 aliphatic rings. The van der Waals surface area contributed by atoms with Crippen molar-refractivity contribution >= 4 is 27.5 Å². The average Bonchev–Trinajstić information content (AvgIpc) is 3.07. The summed E-state index contributed by atoms with van der Waals surface area (Å²) in [6, 6.07) is 1.89. The molecule has 0 spiro atoms. The molecule has 0 aromatic carbocycles. The van der Waals surface area contributed by atoms with Crippen LogP contribution < -0.4 is 10.6 Å². The van der Waals surface area contributed by atoms with Gasteiger partial charge in [0.25, 0.3) is 0 Å². The first kappa shape index (κ1) is 11.4. The molecule has 2 rings (SSSR count). The summed E-state index contributed by atoms with van der Waals surface area (Å²) >= 11 is 3.32.